The van der Waals surface area contributed by atoms with E-state index in [2.05, 4.69) is 26.4 Å². The van der Waals surface area contributed by atoms with Crippen molar-refractivity contribution < 1.29 is 4.52 Å². The lowest BCUT2D eigenvalue weighted by Gasteiger charge is -2.10. The van der Waals surface area contributed by atoms with E-state index in [9.17, 15) is 0 Å². The Bertz CT molecular complexity index is 762. The molecule has 1 N–H and O–H groups in total. The quantitative estimate of drug-likeness (QED) is 0.802. The fraction of sp³-hybridized carbons (Fsp3) is 0.267. The Hall–Kier alpha value is -2.14. The Morgan fingerprint density at radius 2 is 2.24 bits per heavy atom. The van der Waals surface area contributed by atoms with Gasteiger partial charge in [0.1, 0.15) is 0 Å². The molecule has 0 radical (unpaired) electrons. The van der Waals surface area contributed by atoms with E-state index in [1.165, 1.54) is 5.56 Å². The van der Waals surface area contributed by atoms with Gasteiger partial charge in [-0.25, -0.2) is 0 Å². The number of nitrogens with zero attached hydrogens (tertiary/aromatic N) is 3. The molecule has 0 spiro atoms. The normalized spacial score (nSPS) is 16.0. The molecule has 0 saturated heterocycles. The lowest BCUT2D eigenvalue weighted by molar-refractivity contribution is 0.344. The third-order valence-electron chi connectivity index (χ3n) is 3.92. The largest absolute Gasteiger partial charge is 0.338 e. The highest BCUT2D eigenvalue weighted by molar-refractivity contribution is 6.30. The van der Waals surface area contributed by atoms with Gasteiger partial charge in [-0.3, -0.25) is 5.10 Å². The molecular weight excluding hydrogens is 288 g/mol. The number of nitrogens with one attached hydrogen (secondary N) is 1. The maximum atomic E-state index is 6.05. The van der Waals surface area contributed by atoms with Gasteiger partial charge in [-0.15, -0.1) is 0 Å². The first-order valence-electron chi connectivity index (χ1n) is 6.83. The average Bonchev–Trinajstić information content (AvgIpc) is 2.95. The van der Waals surface area contributed by atoms with Crippen LogP contribution in [0.2, 0.25) is 5.02 Å². The summed E-state index contributed by atoms with van der Waals surface area (Å²) in [5.41, 5.74) is 2.01. The van der Waals surface area contributed by atoms with Crippen molar-refractivity contribution in [3.05, 3.63) is 53.1 Å². The van der Waals surface area contributed by atoms with Crippen molar-refractivity contribution in [2.45, 2.75) is 24.7 Å². The van der Waals surface area contributed by atoms with Gasteiger partial charge in [-0.2, -0.15) is 10.1 Å². The van der Waals surface area contributed by atoms with Crippen molar-refractivity contribution in [3.8, 4) is 11.4 Å². The molecule has 0 amide bonds. The van der Waals surface area contributed by atoms with Gasteiger partial charge in [0.15, 0.2) is 0 Å². The van der Waals surface area contributed by atoms with Gasteiger partial charge in [-0.1, -0.05) is 28.9 Å². The van der Waals surface area contributed by atoms with Gasteiger partial charge in [0, 0.05) is 11.2 Å². The highest BCUT2D eigenvalue weighted by Gasteiger charge is 2.49. The van der Waals surface area contributed by atoms with Crippen LogP contribution < -0.4 is 0 Å². The molecular formula is C15H13ClN4O. The molecule has 0 bridgehead atoms. The van der Waals surface area contributed by atoms with Gasteiger partial charge >= 0.3 is 0 Å². The molecule has 2 aromatic heterocycles. The molecule has 0 atom stereocenters. The maximum absolute atomic E-state index is 6.05. The van der Waals surface area contributed by atoms with E-state index in [0.717, 1.165) is 29.8 Å². The molecule has 4 rings (SSSR count). The molecule has 1 saturated carbocycles. The van der Waals surface area contributed by atoms with Crippen LogP contribution in [0.5, 0.6) is 0 Å². The summed E-state index contributed by atoms with van der Waals surface area (Å²) >= 11 is 6.05. The SMILES string of the molecule is Clc1cccc(CC2(c3nc(-c4cn[nH]c4)no3)CC2)c1. The summed E-state index contributed by atoms with van der Waals surface area (Å²) in [6, 6.07) is 7.93. The topological polar surface area (TPSA) is 67.6 Å². The summed E-state index contributed by atoms with van der Waals surface area (Å²) in [7, 11) is 0. The third kappa shape index (κ3) is 2.34. The molecule has 1 aliphatic rings. The van der Waals surface area contributed by atoms with Crippen LogP contribution in [0.3, 0.4) is 0 Å². The molecule has 1 aliphatic carbocycles. The van der Waals surface area contributed by atoms with Gasteiger partial charge < -0.3 is 4.52 Å². The zero-order valence-electron chi connectivity index (χ0n) is 11.2. The van der Waals surface area contributed by atoms with Crippen LogP contribution >= 0.6 is 11.6 Å². The molecule has 21 heavy (non-hydrogen) atoms. The van der Waals surface area contributed by atoms with Crippen LogP contribution in [-0.2, 0) is 11.8 Å². The third-order valence-corrected chi connectivity index (χ3v) is 4.16. The highest BCUT2D eigenvalue weighted by atomic mass is 35.5. The van der Waals surface area contributed by atoms with Gasteiger partial charge in [0.2, 0.25) is 11.7 Å². The fourth-order valence-corrected chi connectivity index (χ4v) is 2.80. The van der Waals surface area contributed by atoms with E-state index in [1.54, 1.807) is 12.4 Å². The van der Waals surface area contributed by atoms with Crippen LogP contribution in [-0.4, -0.2) is 20.3 Å². The predicted molar refractivity (Wildman–Crippen MR) is 77.9 cm³/mol. The zero-order valence-corrected chi connectivity index (χ0v) is 12.0. The molecule has 1 aromatic carbocycles. The highest BCUT2D eigenvalue weighted by Crippen LogP contribution is 2.50. The second-order valence-corrected chi connectivity index (χ2v) is 5.93. The van der Waals surface area contributed by atoms with E-state index in [4.69, 9.17) is 16.1 Å². The summed E-state index contributed by atoms with van der Waals surface area (Å²) in [5, 5.41) is 11.5. The van der Waals surface area contributed by atoms with Crippen LogP contribution in [0.1, 0.15) is 24.3 Å². The summed E-state index contributed by atoms with van der Waals surface area (Å²) in [5.74, 6) is 1.29. The van der Waals surface area contributed by atoms with Crippen molar-refractivity contribution in [1.29, 1.82) is 0 Å². The minimum Gasteiger partial charge on any atom is -0.338 e. The Labute approximate surface area is 126 Å². The Morgan fingerprint density at radius 3 is 2.95 bits per heavy atom. The second kappa shape index (κ2) is 4.70. The number of halogens is 1. The van der Waals surface area contributed by atoms with Crippen molar-refractivity contribution >= 4 is 11.6 Å². The first kappa shape index (κ1) is 12.6. The number of benzene rings is 1. The van der Waals surface area contributed by atoms with E-state index in [0.29, 0.717) is 11.7 Å². The average molecular weight is 301 g/mol. The number of rotatable bonds is 4. The zero-order chi connectivity index (χ0) is 14.3. The minimum atomic E-state index is -0.0281. The number of H-pyrrole nitrogens is 1. The van der Waals surface area contributed by atoms with Crippen LogP contribution in [0.25, 0.3) is 11.4 Å². The molecule has 0 unspecified atom stereocenters. The summed E-state index contributed by atoms with van der Waals surface area (Å²) in [6.45, 7) is 0. The molecule has 1 fully saturated rings. The Balaban J connectivity index is 1.61. The second-order valence-electron chi connectivity index (χ2n) is 5.50. The van der Waals surface area contributed by atoms with Crippen molar-refractivity contribution in [3.63, 3.8) is 0 Å². The maximum Gasteiger partial charge on any atom is 0.233 e. The summed E-state index contributed by atoms with van der Waals surface area (Å²) in [4.78, 5) is 4.53. The molecule has 106 valence electrons. The van der Waals surface area contributed by atoms with Gasteiger partial charge in [0.25, 0.3) is 0 Å². The first-order valence-corrected chi connectivity index (χ1v) is 7.21. The van der Waals surface area contributed by atoms with E-state index >= 15 is 0 Å². The lowest BCUT2D eigenvalue weighted by Crippen LogP contribution is -2.11. The van der Waals surface area contributed by atoms with Crippen LogP contribution in [0.15, 0.2) is 41.2 Å². The number of aromatic nitrogens is 4. The van der Waals surface area contributed by atoms with Gasteiger partial charge in [-0.05, 0) is 37.0 Å². The fourth-order valence-electron chi connectivity index (χ4n) is 2.58. The van der Waals surface area contributed by atoms with E-state index in [-0.39, 0.29) is 5.41 Å². The predicted octanol–water partition coefficient (Wildman–Crippen LogP) is 3.39. The Morgan fingerprint density at radius 1 is 1.33 bits per heavy atom. The van der Waals surface area contributed by atoms with Crippen molar-refractivity contribution in [1.82, 2.24) is 20.3 Å². The van der Waals surface area contributed by atoms with Crippen molar-refractivity contribution in [2.75, 3.05) is 0 Å². The molecule has 2 heterocycles. The number of hydrogen-bond acceptors (Lipinski definition) is 4. The lowest BCUT2D eigenvalue weighted by atomic mass is 9.96. The van der Waals surface area contributed by atoms with Crippen LogP contribution in [0, 0.1) is 0 Å². The Kier molecular flexibility index (Phi) is 2.82. The molecule has 5 nitrogen and oxygen atoms in total. The number of aromatic amines is 1. The summed E-state index contributed by atoms with van der Waals surface area (Å²) in [6.07, 6.45) is 6.44. The van der Waals surface area contributed by atoms with Crippen LogP contribution in [0.4, 0.5) is 0 Å². The molecule has 3 aromatic rings. The number of hydrogen-bond donors (Lipinski definition) is 1. The molecule has 6 heteroatoms. The smallest absolute Gasteiger partial charge is 0.233 e. The van der Waals surface area contributed by atoms with E-state index < -0.39 is 0 Å². The van der Waals surface area contributed by atoms with Crippen molar-refractivity contribution in [2.24, 2.45) is 0 Å². The van der Waals surface area contributed by atoms with E-state index in [1.807, 2.05) is 18.2 Å². The summed E-state index contributed by atoms with van der Waals surface area (Å²) < 4.78 is 5.48. The monoisotopic (exact) mass is 300 g/mol. The standard InChI is InChI=1S/C15H13ClN4O/c16-12-3-1-2-10(6-12)7-15(4-5-15)14-19-13(20-21-14)11-8-17-18-9-11/h1-3,6,8-9H,4-5,7H2,(H,17,18). The van der Waals surface area contributed by atoms with Gasteiger partial charge in [0.05, 0.1) is 17.2 Å². The minimum absolute atomic E-state index is 0.0281. The first-order chi connectivity index (χ1) is 10.3. The molecule has 0 aliphatic heterocycles.